The lowest BCUT2D eigenvalue weighted by atomic mass is 9.87. The normalized spacial score (nSPS) is 26.9. The van der Waals surface area contributed by atoms with E-state index in [1.807, 2.05) is 0 Å². The van der Waals surface area contributed by atoms with Crippen molar-refractivity contribution in [1.29, 1.82) is 0 Å². The molecule has 0 saturated heterocycles. The minimum atomic E-state index is -5.02. The van der Waals surface area contributed by atoms with Crippen molar-refractivity contribution in [3.8, 4) is 0 Å². The highest BCUT2D eigenvalue weighted by Crippen LogP contribution is 2.48. The molecule has 1 aromatic rings. The second kappa shape index (κ2) is 6.29. The van der Waals surface area contributed by atoms with Gasteiger partial charge < -0.3 is 5.11 Å². The summed E-state index contributed by atoms with van der Waals surface area (Å²) in [5, 5.41) is 15.0. The highest BCUT2D eigenvalue weighted by molar-refractivity contribution is 6.31. The first-order chi connectivity index (χ1) is 11.7. The van der Waals surface area contributed by atoms with Crippen molar-refractivity contribution in [2.45, 2.75) is 50.9 Å². The third-order valence-corrected chi connectivity index (χ3v) is 5.30. The van der Waals surface area contributed by atoms with Crippen LogP contribution in [0.2, 0.25) is 5.02 Å². The number of hydrazone groups is 1. The third-order valence-electron chi connectivity index (χ3n) is 4.89. The number of nitrogens with zero attached hydrogens (tertiary/aromatic N) is 2. The fourth-order valence-corrected chi connectivity index (χ4v) is 3.62. The zero-order valence-electron chi connectivity index (χ0n) is 13.6. The largest absolute Gasteiger partial charge is 0.439 e. The smallest absolute Gasteiger partial charge is 0.362 e. The van der Waals surface area contributed by atoms with Crippen LogP contribution in [0.15, 0.2) is 23.3 Å². The summed E-state index contributed by atoms with van der Waals surface area (Å²) in [4.78, 5) is 12.7. The number of aryl methyl sites for hydroxylation is 1. The number of amides is 1. The van der Waals surface area contributed by atoms with E-state index in [2.05, 4.69) is 5.10 Å². The summed E-state index contributed by atoms with van der Waals surface area (Å²) in [6, 6.07) is 4.22. The molecule has 8 heteroatoms. The van der Waals surface area contributed by atoms with Gasteiger partial charge in [0.2, 0.25) is 0 Å². The predicted octanol–water partition coefficient (Wildman–Crippen LogP) is 4.29. The van der Waals surface area contributed by atoms with Crippen molar-refractivity contribution in [1.82, 2.24) is 5.01 Å². The highest BCUT2D eigenvalue weighted by Gasteiger charge is 2.68. The van der Waals surface area contributed by atoms with Gasteiger partial charge in [0, 0.05) is 16.3 Å². The van der Waals surface area contributed by atoms with Crippen LogP contribution in [0, 0.1) is 12.8 Å². The molecule has 136 valence electrons. The van der Waals surface area contributed by atoms with E-state index in [0.717, 1.165) is 6.42 Å². The fourth-order valence-electron chi connectivity index (χ4n) is 3.44. The van der Waals surface area contributed by atoms with E-state index in [1.54, 1.807) is 13.0 Å². The van der Waals surface area contributed by atoms with Crippen LogP contribution in [0.4, 0.5) is 13.2 Å². The van der Waals surface area contributed by atoms with E-state index in [0.29, 0.717) is 24.8 Å². The highest BCUT2D eigenvalue weighted by atomic mass is 35.5. The number of alkyl halides is 3. The van der Waals surface area contributed by atoms with Crippen molar-refractivity contribution < 1.29 is 23.1 Å². The van der Waals surface area contributed by atoms with Gasteiger partial charge in [0.25, 0.3) is 11.6 Å². The zero-order chi connectivity index (χ0) is 18.4. The Labute approximate surface area is 148 Å². The quantitative estimate of drug-likeness (QED) is 0.797. The van der Waals surface area contributed by atoms with Gasteiger partial charge in [-0.25, -0.2) is 0 Å². The monoisotopic (exact) mass is 374 g/mol. The molecule has 1 aliphatic carbocycles. The molecule has 1 aliphatic heterocycles. The van der Waals surface area contributed by atoms with E-state index >= 15 is 0 Å². The molecule has 1 fully saturated rings. The summed E-state index contributed by atoms with van der Waals surface area (Å²) in [5.74, 6) is -2.23. The Morgan fingerprint density at radius 1 is 1.36 bits per heavy atom. The molecule has 0 spiro atoms. The average molecular weight is 375 g/mol. The molecule has 2 aliphatic rings. The van der Waals surface area contributed by atoms with Crippen LogP contribution in [0.1, 0.15) is 48.0 Å². The molecular formula is C17H18ClF3N2O2. The Morgan fingerprint density at radius 2 is 2.08 bits per heavy atom. The van der Waals surface area contributed by atoms with Crippen LogP contribution in [-0.2, 0) is 0 Å². The number of benzene rings is 1. The van der Waals surface area contributed by atoms with Crippen molar-refractivity contribution in [3.05, 3.63) is 34.3 Å². The summed E-state index contributed by atoms with van der Waals surface area (Å²) < 4.78 is 41.3. The molecule has 3 rings (SSSR count). The molecule has 1 saturated carbocycles. The molecule has 1 N–H and O–H groups in total. The van der Waals surface area contributed by atoms with Crippen molar-refractivity contribution in [3.63, 3.8) is 0 Å². The van der Waals surface area contributed by atoms with Crippen LogP contribution in [0.25, 0.3) is 0 Å². The van der Waals surface area contributed by atoms with E-state index in [-0.39, 0.29) is 27.7 Å². The van der Waals surface area contributed by atoms with Gasteiger partial charge in [0.1, 0.15) is 0 Å². The number of rotatable bonds is 1. The molecule has 0 aromatic heterocycles. The summed E-state index contributed by atoms with van der Waals surface area (Å²) >= 11 is 5.98. The Balaban J connectivity index is 2.05. The van der Waals surface area contributed by atoms with Crippen molar-refractivity contribution in [2.24, 2.45) is 11.0 Å². The standard InChI is InChI=1S/C17H18ClF3N2O2/c1-10-7-8-11(9-13(10)18)15(24)23-16(25,17(19,20)21)12-5-3-2-4-6-14(12)22-23/h7-9,12,25H,2-6H2,1H3/t12-,16+/m0/s1. The molecule has 1 amide bonds. The maximum Gasteiger partial charge on any atom is 0.439 e. The summed E-state index contributed by atoms with van der Waals surface area (Å²) in [7, 11) is 0. The van der Waals surface area contributed by atoms with E-state index in [4.69, 9.17) is 11.6 Å². The van der Waals surface area contributed by atoms with Crippen molar-refractivity contribution >= 4 is 23.2 Å². The maximum absolute atomic E-state index is 13.8. The Kier molecular flexibility index (Phi) is 4.58. The number of aliphatic hydroxyl groups is 1. The molecule has 1 heterocycles. The second-order valence-electron chi connectivity index (χ2n) is 6.55. The number of hydrogen-bond acceptors (Lipinski definition) is 3. The van der Waals surface area contributed by atoms with Crippen LogP contribution < -0.4 is 0 Å². The molecular weight excluding hydrogens is 357 g/mol. The first kappa shape index (κ1) is 18.2. The van der Waals surface area contributed by atoms with Crippen LogP contribution in [-0.4, -0.2) is 33.6 Å². The number of carbonyl (C=O) groups excluding carboxylic acids is 1. The zero-order valence-corrected chi connectivity index (χ0v) is 14.4. The number of halogens is 4. The predicted molar refractivity (Wildman–Crippen MR) is 87.4 cm³/mol. The molecule has 0 radical (unpaired) electrons. The summed E-state index contributed by atoms with van der Waals surface area (Å²) in [6.45, 7) is 1.72. The number of hydrogen-bond donors (Lipinski definition) is 1. The molecule has 1 aromatic carbocycles. The third kappa shape index (κ3) is 2.93. The SMILES string of the molecule is Cc1ccc(C(=O)N2N=C3CCCCC[C@@H]3[C@@]2(O)C(F)(F)F)cc1Cl. The molecule has 25 heavy (non-hydrogen) atoms. The molecule has 0 unspecified atom stereocenters. The van der Waals surface area contributed by atoms with Crippen LogP contribution in [0.5, 0.6) is 0 Å². The van der Waals surface area contributed by atoms with Crippen LogP contribution >= 0.6 is 11.6 Å². The lowest BCUT2D eigenvalue weighted by Crippen LogP contribution is -2.61. The van der Waals surface area contributed by atoms with E-state index in [1.165, 1.54) is 12.1 Å². The lowest BCUT2D eigenvalue weighted by Gasteiger charge is -2.37. The minimum Gasteiger partial charge on any atom is -0.362 e. The topological polar surface area (TPSA) is 52.9 Å². The molecule has 2 atom stereocenters. The van der Waals surface area contributed by atoms with Crippen molar-refractivity contribution in [2.75, 3.05) is 0 Å². The van der Waals surface area contributed by atoms with Gasteiger partial charge in [0.05, 0.1) is 5.92 Å². The van der Waals surface area contributed by atoms with Gasteiger partial charge in [-0.2, -0.15) is 23.3 Å². The maximum atomic E-state index is 13.8. The lowest BCUT2D eigenvalue weighted by molar-refractivity contribution is -0.312. The summed E-state index contributed by atoms with van der Waals surface area (Å²) in [5.41, 5.74) is -2.42. The second-order valence-corrected chi connectivity index (χ2v) is 6.96. The number of carbonyl (C=O) groups is 1. The Bertz CT molecular complexity index is 735. The van der Waals surface area contributed by atoms with Gasteiger partial charge in [-0.05, 0) is 43.9 Å². The first-order valence-electron chi connectivity index (χ1n) is 8.13. The van der Waals surface area contributed by atoms with E-state index in [9.17, 15) is 23.1 Å². The Morgan fingerprint density at radius 3 is 2.72 bits per heavy atom. The Hall–Kier alpha value is -1.60. The van der Waals surface area contributed by atoms with Gasteiger partial charge in [-0.1, -0.05) is 30.5 Å². The molecule has 4 nitrogen and oxygen atoms in total. The van der Waals surface area contributed by atoms with Gasteiger partial charge in [0.15, 0.2) is 0 Å². The first-order valence-corrected chi connectivity index (χ1v) is 8.51. The molecule has 0 bridgehead atoms. The minimum absolute atomic E-state index is 0.0425. The van der Waals surface area contributed by atoms with Gasteiger partial charge >= 0.3 is 6.18 Å². The summed E-state index contributed by atoms with van der Waals surface area (Å²) in [6.07, 6.45) is -2.49. The average Bonchev–Trinajstić information content (AvgIpc) is 2.70. The number of fused-ring (bicyclic) bond motifs is 1. The van der Waals surface area contributed by atoms with E-state index < -0.39 is 23.7 Å². The fraction of sp³-hybridized carbons (Fsp3) is 0.529. The van der Waals surface area contributed by atoms with Gasteiger partial charge in [-0.3, -0.25) is 4.79 Å². The van der Waals surface area contributed by atoms with Gasteiger partial charge in [-0.15, -0.1) is 0 Å². The van der Waals surface area contributed by atoms with Crippen LogP contribution in [0.3, 0.4) is 0 Å².